The quantitative estimate of drug-likeness (QED) is 0.847. The van der Waals surface area contributed by atoms with Crippen LogP contribution in [-0.4, -0.2) is 11.0 Å². The molecular formula is C18H24N2. The third-order valence-electron chi connectivity index (χ3n) is 4.38. The highest BCUT2D eigenvalue weighted by Crippen LogP contribution is 2.32. The monoisotopic (exact) mass is 268 g/mol. The number of para-hydroxylation sites is 1. The van der Waals surface area contributed by atoms with Crippen molar-refractivity contribution >= 4 is 16.6 Å². The van der Waals surface area contributed by atoms with Gasteiger partial charge in [-0.25, -0.2) is 0 Å². The fourth-order valence-corrected chi connectivity index (χ4v) is 3.71. The molecule has 0 saturated heterocycles. The summed E-state index contributed by atoms with van der Waals surface area (Å²) in [5.41, 5.74) is 3.43. The Morgan fingerprint density at radius 3 is 2.50 bits per heavy atom. The second-order valence-electron chi connectivity index (χ2n) is 6.59. The Morgan fingerprint density at radius 2 is 1.75 bits per heavy atom. The van der Waals surface area contributed by atoms with Gasteiger partial charge in [0.2, 0.25) is 0 Å². The lowest BCUT2D eigenvalue weighted by molar-refractivity contribution is 0.281. The smallest absolute Gasteiger partial charge is 0.0725 e. The minimum Gasteiger partial charge on any atom is -0.382 e. The number of hydrogen-bond acceptors (Lipinski definition) is 2. The fraction of sp³-hybridized carbons (Fsp3) is 0.500. The van der Waals surface area contributed by atoms with Crippen LogP contribution < -0.4 is 5.32 Å². The first-order chi connectivity index (χ1) is 9.61. The van der Waals surface area contributed by atoms with Gasteiger partial charge in [-0.15, -0.1) is 0 Å². The average molecular weight is 268 g/mol. The third kappa shape index (κ3) is 2.79. The van der Waals surface area contributed by atoms with Crippen molar-refractivity contribution in [3.05, 3.63) is 36.0 Å². The number of nitrogens with one attached hydrogen (secondary N) is 1. The molecule has 0 spiro atoms. The summed E-state index contributed by atoms with van der Waals surface area (Å²) in [4.78, 5) is 4.62. The molecule has 2 unspecified atom stereocenters. The number of anilines is 1. The second-order valence-corrected chi connectivity index (χ2v) is 6.59. The Hall–Kier alpha value is -1.57. The van der Waals surface area contributed by atoms with E-state index >= 15 is 0 Å². The van der Waals surface area contributed by atoms with Crippen molar-refractivity contribution in [3.63, 3.8) is 0 Å². The van der Waals surface area contributed by atoms with E-state index in [-0.39, 0.29) is 0 Å². The van der Waals surface area contributed by atoms with E-state index in [0.29, 0.717) is 6.04 Å². The molecular weight excluding hydrogens is 244 g/mol. The highest BCUT2D eigenvalue weighted by Gasteiger charge is 2.24. The van der Waals surface area contributed by atoms with E-state index in [1.165, 1.54) is 30.3 Å². The van der Waals surface area contributed by atoms with E-state index in [9.17, 15) is 0 Å². The van der Waals surface area contributed by atoms with Crippen molar-refractivity contribution in [2.75, 3.05) is 5.32 Å². The maximum Gasteiger partial charge on any atom is 0.0725 e. The standard InChI is InChI=1S/C18H24N2/c1-12-8-13(2)10-15(9-12)20-18-11-14(3)19-17-7-5-4-6-16(17)18/h4-7,11-13,15H,8-10H2,1-3H3,(H,19,20). The lowest BCUT2D eigenvalue weighted by Crippen LogP contribution is -2.30. The Morgan fingerprint density at radius 1 is 1.05 bits per heavy atom. The molecule has 1 aromatic heterocycles. The molecule has 20 heavy (non-hydrogen) atoms. The van der Waals surface area contributed by atoms with Gasteiger partial charge in [-0.2, -0.15) is 0 Å². The molecule has 2 atom stereocenters. The first kappa shape index (κ1) is 13.4. The number of aromatic nitrogens is 1. The van der Waals surface area contributed by atoms with Gasteiger partial charge in [-0.3, -0.25) is 4.98 Å². The van der Waals surface area contributed by atoms with Crippen LogP contribution in [0.3, 0.4) is 0 Å². The zero-order chi connectivity index (χ0) is 14.1. The molecule has 2 heteroatoms. The molecule has 0 radical (unpaired) electrons. The van der Waals surface area contributed by atoms with Crippen LogP contribution in [-0.2, 0) is 0 Å². The number of aryl methyl sites for hydroxylation is 1. The fourth-order valence-electron chi connectivity index (χ4n) is 3.71. The predicted molar refractivity (Wildman–Crippen MR) is 86.1 cm³/mol. The Kier molecular flexibility index (Phi) is 3.64. The minimum atomic E-state index is 0.596. The maximum absolute atomic E-state index is 4.62. The molecule has 2 aromatic rings. The SMILES string of the molecule is Cc1cc(NC2CC(C)CC(C)C2)c2ccccc2n1. The molecule has 0 aliphatic heterocycles. The highest BCUT2D eigenvalue weighted by molar-refractivity contribution is 5.91. The normalized spacial score (nSPS) is 26.6. The van der Waals surface area contributed by atoms with Gasteiger partial charge < -0.3 is 5.32 Å². The Bertz CT molecular complexity index is 595. The number of benzene rings is 1. The first-order valence-electron chi connectivity index (χ1n) is 7.74. The molecule has 1 fully saturated rings. The summed E-state index contributed by atoms with van der Waals surface area (Å²) in [7, 11) is 0. The lowest BCUT2D eigenvalue weighted by Gasteiger charge is -2.33. The molecule has 1 aromatic carbocycles. The summed E-state index contributed by atoms with van der Waals surface area (Å²) in [5, 5.41) is 5.03. The molecule has 1 aliphatic rings. The number of fused-ring (bicyclic) bond motifs is 1. The number of pyridine rings is 1. The van der Waals surface area contributed by atoms with Crippen LogP contribution in [0.1, 0.15) is 38.8 Å². The van der Waals surface area contributed by atoms with Gasteiger partial charge in [0, 0.05) is 22.8 Å². The van der Waals surface area contributed by atoms with E-state index in [2.05, 4.69) is 61.4 Å². The summed E-state index contributed by atoms with van der Waals surface area (Å²) in [5.74, 6) is 1.65. The van der Waals surface area contributed by atoms with E-state index < -0.39 is 0 Å². The number of rotatable bonds is 2. The van der Waals surface area contributed by atoms with Crippen LogP contribution in [0.25, 0.3) is 10.9 Å². The Labute approximate surface area is 121 Å². The van der Waals surface area contributed by atoms with E-state index in [1.54, 1.807) is 0 Å². The number of hydrogen-bond donors (Lipinski definition) is 1. The van der Waals surface area contributed by atoms with Gasteiger partial charge in [0.05, 0.1) is 5.52 Å². The van der Waals surface area contributed by atoms with Gasteiger partial charge in [-0.1, -0.05) is 32.0 Å². The largest absolute Gasteiger partial charge is 0.382 e. The molecule has 1 saturated carbocycles. The van der Waals surface area contributed by atoms with Gasteiger partial charge >= 0.3 is 0 Å². The minimum absolute atomic E-state index is 0.596. The highest BCUT2D eigenvalue weighted by atomic mass is 14.9. The second kappa shape index (κ2) is 5.43. The summed E-state index contributed by atoms with van der Waals surface area (Å²) in [6.07, 6.45) is 3.92. The van der Waals surface area contributed by atoms with Crippen molar-refractivity contribution < 1.29 is 0 Å². The van der Waals surface area contributed by atoms with Crippen molar-refractivity contribution in [2.24, 2.45) is 11.8 Å². The van der Waals surface area contributed by atoms with Gasteiger partial charge in [0.25, 0.3) is 0 Å². The van der Waals surface area contributed by atoms with Crippen LogP contribution in [0.4, 0.5) is 5.69 Å². The lowest BCUT2D eigenvalue weighted by atomic mass is 9.80. The molecule has 106 valence electrons. The summed E-state index contributed by atoms with van der Waals surface area (Å²) >= 11 is 0. The third-order valence-corrected chi connectivity index (χ3v) is 4.38. The molecule has 2 nitrogen and oxygen atoms in total. The topological polar surface area (TPSA) is 24.9 Å². The molecule has 3 rings (SSSR count). The number of nitrogens with zero attached hydrogens (tertiary/aromatic N) is 1. The first-order valence-corrected chi connectivity index (χ1v) is 7.74. The van der Waals surface area contributed by atoms with Crippen LogP contribution in [0, 0.1) is 18.8 Å². The van der Waals surface area contributed by atoms with Gasteiger partial charge in [0.15, 0.2) is 0 Å². The van der Waals surface area contributed by atoms with Gasteiger partial charge in [-0.05, 0) is 50.2 Å². The molecule has 1 aliphatic carbocycles. The van der Waals surface area contributed by atoms with Crippen LogP contribution in [0.2, 0.25) is 0 Å². The predicted octanol–water partition coefficient (Wildman–Crippen LogP) is 4.78. The van der Waals surface area contributed by atoms with E-state index in [0.717, 1.165) is 23.0 Å². The maximum atomic E-state index is 4.62. The van der Waals surface area contributed by atoms with E-state index in [4.69, 9.17) is 0 Å². The molecule has 1 N–H and O–H groups in total. The molecule has 0 amide bonds. The van der Waals surface area contributed by atoms with Crippen molar-refractivity contribution in [3.8, 4) is 0 Å². The van der Waals surface area contributed by atoms with Crippen molar-refractivity contribution in [2.45, 2.75) is 46.1 Å². The zero-order valence-electron chi connectivity index (χ0n) is 12.7. The summed E-state index contributed by atoms with van der Waals surface area (Å²) < 4.78 is 0. The molecule has 1 heterocycles. The average Bonchev–Trinajstić information content (AvgIpc) is 2.37. The van der Waals surface area contributed by atoms with Crippen LogP contribution in [0.5, 0.6) is 0 Å². The van der Waals surface area contributed by atoms with E-state index in [1.807, 2.05) is 0 Å². The van der Waals surface area contributed by atoms with Gasteiger partial charge in [0.1, 0.15) is 0 Å². The summed E-state index contributed by atoms with van der Waals surface area (Å²) in [6, 6.07) is 11.2. The Balaban J connectivity index is 1.90. The molecule has 0 bridgehead atoms. The van der Waals surface area contributed by atoms with Crippen LogP contribution >= 0.6 is 0 Å². The zero-order valence-corrected chi connectivity index (χ0v) is 12.7. The summed E-state index contributed by atoms with van der Waals surface area (Å²) in [6.45, 7) is 6.82. The van der Waals surface area contributed by atoms with Crippen molar-refractivity contribution in [1.82, 2.24) is 4.98 Å². The van der Waals surface area contributed by atoms with Crippen molar-refractivity contribution in [1.29, 1.82) is 0 Å². The van der Waals surface area contributed by atoms with Crippen LogP contribution in [0.15, 0.2) is 30.3 Å².